The third kappa shape index (κ3) is 2.25. The first-order valence-corrected chi connectivity index (χ1v) is 7.09. The average Bonchev–Trinajstić information content (AvgIpc) is 2.87. The van der Waals surface area contributed by atoms with E-state index < -0.39 is 0 Å². The van der Waals surface area contributed by atoms with Crippen LogP contribution in [-0.2, 0) is 0 Å². The van der Waals surface area contributed by atoms with Gasteiger partial charge in [0.15, 0.2) is 0 Å². The van der Waals surface area contributed by atoms with Crippen molar-refractivity contribution in [3.05, 3.63) is 30.3 Å². The van der Waals surface area contributed by atoms with Gasteiger partial charge in [0, 0.05) is 24.8 Å². The van der Waals surface area contributed by atoms with E-state index in [1.165, 1.54) is 38.0 Å². The predicted octanol–water partition coefficient (Wildman–Crippen LogP) is 2.05. The summed E-state index contributed by atoms with van der Waals surface area (Å²) in [6, 6.07) is 11.2. The van der Waals surface area contributed by atoms with Crippen molar-refractivity contribution in [3.63, 3.8) is 0 Å². The molecule has 0 aromatic heterocycles. The topological polar surface area (TPSA) is 41.3 Å². The van der Waals surface area contributed by atoms with Gasteiger partial charge in [0.05, 0.1) is 5.54 Å². The van der Waals surface area contributed by atoms with E-state index in [-0.39, 0.29) is 5.54 Å². The van der Waals surface area contributed by atoms with E-state index in [0.717, 1.165) is 19.0 Å². The summed E-state index contributed by atoms with van der Waals surface area (Å²) >= 11 is 0. The van der Waals surface area contributed by atoms with Crippen molar-refractivity contribution in [2.24, 2.45) is 5.73 Å². The first kappa shape index (κ1) is 12.0. The van der Waals surface area contributed by atoms with Crippen molar-refractivity contribution < 1.29 is 0 Å². The molecule has 3 N–H and O–H groups in total. The van der Waals surface area contributed by atoms with E-state index >= 15 is 0 Å². The van der Waals surface area contributed by atoms with Crippen LogP contribution < -0.4 is 11.1 Å². The van der Waals surface area contributed by atoms with E-state index in [0.29, 0.717) is 0 Å². The van der Waals surface area contributed by atoms with E-state index in [1.54, 1.807) is 0 Å². The highest BCUT2D eigenvalue weighted by Crippen LogP contribution is 2.34. The fourth-order valence-corrected chi connectivity index (χ4v) is 3.51. The largest absolute Gasteiger partial charge is 0.378 e. The molecule has 3 rings (SSSR count). The minimum atomic E-state index is 0.104. The molecule has 3 nitrogen and oxygen atoms in total. The summed E-state index contributed by atoms with van der Waals surface area (Å²) in [6.07, 6.45) is 5.06. The van der Waals surface area contributed by atoms with Crippen molar-refractivity contribution in [1.29, 1.82) is 0 Å². The van der Waals surface area contributed by atoms with Gasteiger partial charge < -0.3 is 16.0 Å². The standard InChI is InChI=1S/C15H23N3/c16-12-15(17-13-5-2-1-3-6-13)8-10-18-9-4-7-14(18)11-15/h1-3,5-6,14,17H,4,7-12,16H2. The van der Waals surface area contributed by atoms with E-state index in [2.05, 4.69) is 40.5 Å². The van der Waals surface area contributed by atoms with Crippen LogP contribution in [0.3, 0.4) is 0 Å². The van der Waals surface area contributed by atoms with Crippen LogP contribution in [0.2, 0.25) is 0 Å². The van der Waals surface area contributed by atoms with Gasteiger partial charge in [-0.3, -0.25) is 0 Å². The Hall–Kier alpha value is -1.06. The van der Waals surface area contributed by atoms with Crippen LogP contribution in [0, 0.1) is 0 Å². The lowest BCUT2D eigenvalue weighted by molar-refractivity contribution is 0.145. The molecule has 2 unspecified atom stereocenters. The van der Waals surface area contributed by atoms with Crippen LogP contribution in [-0.4, -0.2) is 36.1 Å². The number of nitrogens with zero attached hydrogens (tertiary/aromatic N) is 1. The number of benzene rings is 1. The van der Waals surface area contributed by atoms with Crippen LogP contribution in [0.1, 0.15) is 25.7 Å². The highest BCUT2D eigenvalue weighted by atomic mass is 15.2. The summed E-state index contributed by atoms with van der Waals surface area (Å²) in [6.45, 7) is 3.21. The smallest absolute Gasteiger partial charge is 0.0522 e. The maximum Gasteiger partial charge on any atom is 0.0522 e. The molecule has 0 saturated carbocycles. The Morgan fingerprint density at radius 2 is 2.11 bits per heavy atom. The first-order valence-electron chi connectivity index (χ1n) is 7.09. The summed E-state index contributed by atoms with van der Waals surface area (Å²) in [5, 5.41) is 3.70. The van der Waals surface area contributed by atoms with Crippen molar-refractivity contribution in [1.82, 2.24) is 4.90 Å². The van der Waals surface area contributed by atoms with Gasteiger partial charge in [0.1, 0.15) is 0 Å². The van der Waals surface area contributed by atoms with E-state index in [4.69, 9.17) is 5.73 Å². The molecule has 18 heavy (non-hydrogen) atoms. The number of rotatable bonds is 3. The van der Waals surface area contributed by atoms with Crippen molar-refractivity contribution in [2.45, 2.75) is 37.3 Å². The highest BCUT2D eigenvalue weighted by molar-refractivity contribution is 5.45. The van der Waals surface area contributed by atoms with Crippen molar-refractivity contribution in [2.75, 3.05) is 25.0 Å². The van der Waals surface area contributed by atoms with Crippen molar-refractivity contribution >= 4 is 5.69 Å². The Morgan fingerprint density at radius 3 is 2.89 bits per heavy atom. The number of fused-ring (bicyclic) bond motifs is 1. The van der Waals surface area contributed by atoms with Crippen LogP contribution >= 0.6 is 0 Å². The second kappa shape index (κ2) is 4.90. The molecule has 0 amide bonds. The molecule has 0 radical (unpaired) electrons. The lowest BCUT2D eigenvalue weighted by Gasteiger charge is -2.44. The Balaban J connectivity index is 1.74. The predicted molar refractivity (Wildman–Crippen MR) is 75.7 cm³/mol. The Labute approximate surface area is 109 Å². The van der Waals surface area contributed by atoms with Crippen molar-refractivity contribution in [3.8, 4) is 0 Å². The van der Waals surface area contributed by atoms with Gasteiger partial charge in [0.2, 0.25) is 0 Å². The molecule has 2 aliphatic heterocycles. The summed E-state index contributed by atoms with van der Waals surface area (Å²) < 4.78 is 0. The third-order valence-electron chi connectivity index (χ3n) is 4.58. The Kier molecular flexibility index (Phi) is 3.27. The van der Waals surface area contributed by atoms with Gasteiger partial charge in [-0.2, -0.15) is 0 Å². The number of para-hydroxylation sites is 1. The van der Waals surface area contributed by atoms with Crippen LogP contribution in [0.25, 0.3) is 0 Å². The molecule has 2 atom stereocenters. The number of hydrogen-bond donors (Lipinski definition) is 2. The summed E-state index contributed by atoms with van der Waals surface area (Å²) in [5.41, 5.74) is 7.40. The van der Waals surface area contributed by atoms with Gasteiger partial charge in [-0.05, 0) is 44.4 Å². The van der Waals surface area contributed by atoms with Gasteiger partial charge in [-0.15, -0.1) is 0 Å². The number of hydrogen-bond acceptors (Lipinski definition) is 3. The molecule has 1 aromatic carbocycles. The lowest BCUT2D eigenvalue weighted by Crippen LogP contribution is -2.55. The fourth-order valence-electron chi connectivity index (χ4n) is 3.51. The van der Waals surface area contributed by atoms with Crippen LogP contribution in [0.15, 0.2) is 30.3 Å². The maximum absolute atomic E-state index is 6.09. The average molecular weight is 245 g/mol. The van der Waals surface area contributed by atoms with E-state index in [1.807, 2.05) is 0 Å². The zero-order valence-electron chi connectivity index (χ0n) is 10.9. The zero-order valence-corrected chi connectivity index (χ0v) is 10.9. The third-order valence-corrected chi connectivity index (χ3v) is 4.58. The monoisotopic (exact) mass is 245 g/mol. The van der Waals surface area contributed by atoms with Gasteiger partial charge in [-0.1, -0.05) is 18.2 Å². The first-order chi connectivity index (χ1) is 8.81. The maximum atomic E-state index is 6.09. The van der Waals surface area contributed by atoms with Crippen LogP contribution in [0.5, 0.6) is 0 Å². The molecule has 2 saturated heterocycles. The van der Waals surface area contributed by atoms with Crippen LogP contribution in [0.4, 0.5) is 5.69 Å². The molecule has 0 spiro atoms. The molecule has 0 bridgehead atoms. The highest BCUT2D eigenvalue weighted by Gasteiger charge is 2.40. The molecule has 2 aliphatic rings. The quantitative estimate of drug-likeness (QED) is 0.856. The number of nitrogens with one attached hydrogen (secondary N) is 1. The van der Waals surface area contributed by atoms with Gasteiger partial charge in [0.25, 0.3) is 0 Å². The summed E-state index contributed by atoms with van der Waals surface area (Å²) in [5.74, 6) is 0. The molecule has 2 fully saturated rings. The molecule has 1 aromatic rings. The molecular formula is C15H23N3. The zero-order chi connectivity index (χ0) is 12.4. The summed E-state index contributed by atoms with van der Waals surface area (Å²) in [7, 11) is 0. The Morgan fingerprint density at radius 1 is 1.28 bits per heavy atom. The lowest BCUT2D eigenvalue weighted by atomic mass is 9.83. The minimum Gasteiger partial charge on any atom is -0.378 e. The van der Waals surface area contributed by atoms with Gasteiger partial charge >= 0.3 is 0 Å². The normalized spacial score (nSPS) is 32.2. The minimum absolute atomic E-state index is 0.104. The number of anilines is 1. The molecule has 3 heteroatoms. The molecule has 2 heterocycles. The second-order valence-corrected chi connectivity index (χ2v) is 5.76. The summed E-state index contributed by atoms with van der Waals surface area (Å²) in [4.78, 5) is 2.64. The number of piperidine rings is 1. The molecule has 98 valence electrons. The Bertz CT molecular complexity index is 392. The molecule has 0 aliphatic carbocycles. The van der Waals surface area contributed by atoms with Gasteiger partial charge in [-0.25, -0.2) is 0 Å². The second-order valence-electron chi connectivity index (χ2n) is 5.76. The SMILES string of the molecule is NCC1(Nc2ccccc2)CCN2CCCC2C1. The fraction of sp³-hybridized carbons (Fsp3) is 0.600. The van der Waals surface area contributed by atoms with E-state index in [9.17, 15) is 0 Å². The number of nitrogens with two attached hydrogens (primary N) is 1. The molecular weight excluding hydrogens is 222 g/mol.